The predicted octanol–water partition coefficient (Wildman–Crippen LogP) is 2.36. The van der Waals surface area contributed by atoms with Crippen molar-refractivity contribution in [2.45, 2.75) is 44.0 Å². The van der Waals surface area contributed by atoms with Gasteiger partial charge < -0.3 is 9.88 Å². The molecule has 1 saturated heterocycles. The van der Waals surface area contributed by atoms with Gasteiger partial charge in [-0.3, -0.25) is 9.59 Å². The quantitative estimate of drug-likeness (QED) is 0.830. The van der Waals surface area contributed by atoms with Crippen LogP contribution in [-0.2, 0) is 21.4 Å². The molecule has 0 spiro atoms. The Labute approximate surface area is 165 Å². The fourth-order valence-electron chi connectivity index (χ4n) is 3.33. The molecule has 2 heterocycles. The summed E-state index contributed by atoms with van der Waals surface area (Å²) in [5.41, 5.74) is 0.957. The Balaban J connectivity index is 1.80. The molecule has 1 aromatic carbocycles. The molecule has 0 aliphatic carbocycles. The second-order valence-corrected chi connectivity index (χ2v) is 8.95. The zero-order valence-corrected chi connectivity index (χ0v) is 16.7. The van der Waals surface area contributed by atoms with Gasteiger partial charge >= 0.3 is 0 Å². The molecular formula is C20H25N3O4S. The van der Waals surface area contributed by atoms with E-state index in [2.05, 4.69) is 5.32 Å². The molecule has 1 amide bonds. The van der Waals surface area contributed by atoms with Crippen LogP contribution in [0.25, 0.3) is 0 Å². The number of hydrogen-bond acceptors (Lipinski definition) is 4. The molecule has 1 aliphatic rings. The molecule has 0 bridgehead atoms. The summed E-state index contributed by atoms with van der Waals surface area (Å²) >= 11 is 0. The van der Waals surface area contributed by atoms with E-state index in [1.807, 2.05) is 25.1 Å². The number of carbonyl (C=O) groups is 1. The number of sulfonamides is 1. The highest BCUT2D eigenvalue weighted by molar-refractivity contribution is 7.89. The number of hydrogen-bond donors (Lipinski definition) is 1. The standard InChI is InChI=1S/C20H25N3O4S/c1-16-8-6-9-17(14-16)21-19(24)15-22-11-7-10-18(20(22)25)28(26,27)23-12-4-2-3-5-13-23/h6-11,14H,2-5,12-13,15H2,1H3,(H,21,24). The Morgan fingerprint density at radius 2 is 1.79 bits per heavy atom. The van der Waals surface area contributed by atoms with E-state index in [-0.39, 0.29) is 11.4 Å². The Bertz CT molecular complexity index is 1010. The highest BCUT2D eigenvalue weighted by atomic mass is 32.2. The first-order chi connectivity index (χ1) is 13.4. The van der Waals surface area contributed by atoms with Crippen LogP contribution in [0, 0.1) is 6.92 Å². The van der Waals surface area contributed by atoms with E-state index in [0.717, 1.165) is 35.8 Å². The number of carbonyl (C=O) groups excluding carboxylic acids is 1. The maximum absolute atomic E-state index is 12.9. The van der Waals surface area contributed by atoms with Crippen LogP contribution in [0.4, 0.5) is 5.69 Å². The van der Waals surface area contributed by atoms with E-state index in [0.29, 0.717) is 18.8 Å². The van der Waals surface area contributed by atoms with E-state index >= 15 is 0 Å². The Morgan fingerprint density at radius 3 is 2.46 bits per heavy atom. The lowest BCUT2D eigenvalue weighted by molar-refractivity contribution is -0.116. The molecule has 8 heteroatoms. The summed E-state index contributed by atoms with van der Waals surface area (Å²) in [6.07, 6.45) is 4.99. The smallest absolute Gasteiger partial charge is 0.271 e. The van der Waals surface area contributed by atoms with Gasteiger partial charge in [0.05, 0.1) is 0 Å². The van der Waals surface area contributed by atoms with Crippen molar-refractivity contribution < 1.29 is 13.2 Å². The number of aryl methyl sites for hydroxylation is 1. The summed E-state index contributed by atoms with van der Waals surface area (Å²) in [7, 11) is -3.87. The number of anilines is 1. The third kappa shape index (κ3) is 4.69. The number of nitrogens with zero attached hydrogens (tertiary/aromatic N) is 2. The average Bonchev–Trinajstić information content (AvgIpc) is 2.93. The third-order valence-electron chi connectivity index (χ3n) is 4.78. The van der Waals surface area contributed by atoms with Crippen LogP contribution in [0.15, 0.2) is 52.3 Å². The molecule has 3 rings (SSSR count). The fourth-order valence-corrected chi connectivity index (χ4v) is 4.94. The highest BCUT2D eigenvalue weighted by Gasteiger charge is 2.28. The summed E-state index contributed by atoms with van der Waals surface area (Å²) in [4.78, 5) is 24.8. The van der Waals surface area contributed by atoms with Crippen molar-refractivity contribution >= 4 is 21.6 Å². The summed E-state index contributed by atoms with van der Waals surface area (Å²) in [5.74, 6) is -0.392. The molecule has 1 aliphatic heterocycles. The normalized spacial score (nSPS) is 15.8. The van der Waals surface area contributed by atoms with Crippen molar-refractivity contribution in [2.75, 3.05) is 18.4 Å². The molecule has 150 valence electrons. The van der Waals surface area contributed by atoms with Gasteiger partial charge in [-0.1, -0.05) is 25.0 Å². The van der Waals surface area contributed by atoms with Gasteiger partial charge in [-0.25, -0.2) is 8.42 Å². The fraction of sp³-hybridized carbons (Fsp3) is 0.400. The highest BCUT2D eigenvalue weighted by Crippen LogP contribution is 2.18. The zero-order valence-electron chi connectivity index (χ0n) is 15.9. The second-order valence-electron chi connectivity index (χ2n) is 7.04. The largest absolute Gasteiger partial charge is 0.325 e. The topological polar surface area (TPSA) is 88.5 Å². The van der Waals surface area contributed by atoms with Gasteiger partial charge in [0.25, 0.3) is 5.56 Å². The van der Waals surface area contributed by atoms with Crippen LogP contribution in [0.2, 0.25) is 0 Å². The van der Waals surface area contributed by atoms with Gasteiger partial charge in [0.2, 0.25) is 15.9 Å². The molecule has 1 fully saturated rings. The number of nitrogens with one attached hydrogen (secondary N) is 1. The number of rotatable bonds is 5. The number of pyridine rings is 1. The molecular weight excluding hydrogens is 378 g/mol. The molecule has 28 heavy (non-hydrogen) atoms. The van der Waals surface area contributed by atoms with E-state index in [1.54, 1.807) is 6.07 Å². The number of benzene rings is 1. The van der Waals surface area contributed by atoms with Crippen molar-refractivity contribution in [1.82, 2.24) is 8.87 Å². The van der Waals surface area contributed by atoms with Gasteiger partial charge in [-0.2, -0.15) is 4.31 Å². The van der Waals surface area contributed by atoms with Gasteiger partial charge in [-0.05, 0) is 49.6 Å². The van der Waals surface area contributed by atoms with Crippen molar-refractivity contribution in [3.8, 4) is 0 Å². The van der Waals surface area contributed by atoms with Crippen LogP contribution in [-0.4, -0.2) is 36.3 Å². The molecule has 0 atom stereocenters. The minimum Gasteiger partial charge on any atom is -0.325 e. The van der Waals surface area contributed by atoms with Crippen LogP contribution >= 0.6 is 0 Å². The van der Waals surface area contributed by atoms with Crippen LogP contribution in [0.3, 0.4) is 0 Å². The Hall–Kier alpha value is -2.45. The lowest BCUT2D eigenvalue weighted by Crippen LogP contribution is -2.37. The first-order valence-corrected chi connectivity index (χ1v) is 10.9. The maximum Gasteiger partial charge on any atom is 0.271 e. The third-order valence-corrected chi connectivity index (χ3v) is 6.70. The average molecular weight is 404 g/mol. The molecule has 0 saturated carbocycles. The molecule has 7 nitrogen and oxygen atoms in total. The van der Waals surface area contributed by atoms with Crippen molar-refractivity contribution in [3.63, 3.8) is 0 Å². The zero-order chi connectivity index (χ0) is 20.1. The minimum absolute atomic E-state index is 0.254. The molecule has 0 unspecified atom stereocenters. The number of amides is 1. The van der Waals surface area contributed by atoms with Gasteiger partial charge in [0.1, 0.15) is 11.4 Å². The Morgan fingerprint density at radius 1 is 1.07 bits per heavy atom. The first-order valence-electron chi connectivity index (χ1n) is 9.44. The van der Waals surface area contributed by atoms with Gasteiger partial charge in [-0.15, -0.1) is 0 Å². The number of aromatic nitrogens is 1. The molecule has 1 aromatic heterocycles. The van der Waals surface area contributed by atoms with Crippen LogP contribution in [0.1, 0.15) is 31.2 Å². The lowest BCUT2D eigenvalue weighted by atomic mass is 10.2. The minimum atomic E-state index is -3.87. The molecule has 0 radical (unpaired) electrons. The Kier molecular flexibility index (Phi) is 6.31. The molecule has 1 N–H and O–H groups in total. The summed E-state index contributed by atoms with van der Waals surface area (Å²) in [6, 6.07) is 10.1. The lowest BCUT2D eigenvalue weighted by Gasteiger charge is -2.20. The van der Waals surface area contributed by atoms with E-state index < -0.39 is 21.5 Å². The van der Waals surface area contributed by atoms with E-state index in [1.165, 1.54) is 22.6 Å². The summed E-state index contributed by atoms with van der Waals surface area (Å²) in [6.45, 7) is 2.50. The first kappa shape index (κ1) is 20.3. The van der Waals surface area contributed by atoms with Crippen molar-refractivity contribution in [2.24, 2.45) is 0 Å². The van der Waals surface area contributed by atoms with Crippen LogP contribution < -0.4 is 10.9 Å². The van der Waals surface area contributed by atoms with E-state index in [9.17, 15) is 18.0 Å². The van der Waals surface area contributed by atoms with Gasteiger partial charge in [0.15, 0.2) is 0 Å². The summed E-state index contributed by atoms with van der Waals surface area (Å²) in [5, 5.41) is 2.73. The maximum atomic E-state index is 12.9. The monoisotopic (exact) mass is 403 g/mol. The predicted molar refractivity (Wildman–Crippen MR) is 108 cm³/mol. The molecule has 2 aromatic rings. The van der Waals surface area contributed by atoms with Crippen molar-refractivity contribution in [3.05, 3.63) is 58.5 Å². The SMILES string of the molecule is Cc1cccc(NC(=O)Cn2cccc(S(=O)(=O)N3CCCCCC3)c2=O)c1. The second kappa shape index (κ2) is 8.70. The van der Waals surface area contributed by atoms with Crippen molar-refractivity contribution in [1.29, 1.82) is 0 Å². The van der Waals surface area contributed by atoms with Crippen LogP contribution in [0.5, 0.6) is 0 Å². The summed E-state index contributed by atoms with van der Waals surface area (Å²) < 4.78 is 28.4. The van der Waals surface area contributed by atoms with Gasteiger partial charge in [0, 0.05) is 25.0 Å². The van der Waals surface area contributed by atoms with E-state index in [4.69, 9.17) is 0 Å².